The normalized spacial score (nSPS) is 45.6. The molecule has 0 aromatic heterocycles. The highest BCUT2D eigenvalue weighted by Crippen LogP contribution is 2.49. The van der Waals surface area contributed by atoms with Crippen LogP contribution in [0.1, 0.15) is 446 Å². The van der Waals surface area contributed by atoms with Gasteiger partial charge in [-0.25, -0.2) is 0 Å². The van der Waals surface area contributed by atoms with Gasteiger partial charge in [-0.15, -0.1) is 0 Å². The first kappa shape index (κ1) is 38.7. The van der Waals surface area contributed by atoms with E-state index in [1.807, 2.05) is 0 Å². The smallest absolute Gasteiger partial charge is 0.118 e. The van der Waals surface area contributed by atoms with Gasteiger partial charge in [-0.2, -0.15) is 0 Å². The average Bonchev–Trinajstić information content (AvgIpc) is 0.644. The van der Waals surface area contributed by atoms with Crippen LogP contribution < -0.4 is 33.2 Å². The molecular weight excluding hydrogens is 1750 g/mol. The lowest BCUT2D eigenvalue weighted by molar-refractivity contribution is -0.0280. The van der Waals surface area contributed by atoms with E-state index in [4.69, 9.17) is 173 Å². The fourth-order valence-electron chi connectivity index (χ4n) is 12.8. The number of hydrogen-bond acceptors (Lipinski definition) is 21. The molecule has 7 saturated carbocycles. The Hall–Kier alpha value is -7.42. The SMILES string of the molecule is [2H]C([2H])([2H])N(C([2H])([2H])[2H])C([2H])([2H])[C@H](c1ccc(OC)cc1)C1(O)C([2H])([2H])C([2H])([2H])C([2H])([2H])C([2H])([2H])C1([2H])[2H].[2H]C([2H])([2H])N(C)C([2H])([2H])[C@H](c1ccc(OC)cc1)C1(O)C([2H])([2H])C([2H])([2H])C([2H])([2H])C([2H])([2H])C1([2H])[2H].[2H]C([2H])([2H])N(C)C([2H])([2H])[C@]([2H])(c1ccc(OC)cc1)C1(O)C([2H])([2H])C([2H])([2H])C([2H])([2H])C([2H])([2H])C1([2H])[2H].[2H]C([2H])([2H])N(C)C[C@]([2H])(c1ccc(OC)cc1)C1(O)C([2H])([2H])C([2H])([2H])C([2H])([2H])C([2H])([2H])C1([2H])[2H].[2H]C([2H])([2H])N(C[C@]([2H])(c1ccc(OC)cc1)C1(O)C([2H])([2H])C([2H])([2H])C([2H])([2H])C([2H])([2H])C1([2H])[2H])C([2H])([2H])[2H].[2H]C1([2H])C([2H])([2H])C([2H])([2H])C(O)([C@@]([2H])(c2ccc(OC)cc2)C([2H])([2H])N(C)C)C([2H])([2H])C1([2H])[2H].[2H]C1([2H])C([2H])([2H])C([2H])([2H])C(O)([C@]([2H])(CN(C)C)c2ccc(OC)cc2)C([2H])([2H])C1([2H])[2H]. The van der Waals surface area contributed by atoms with E-state index in [-0.39, 0.29) is 60.3 Å². The summed E-state index contributed by atoms with van der Waals surface area (Å²) < 4.78 is 887. The van der Waals surface area contributed by atoms with Gasteiger partial charge in [-0.05, 0) is 311 Å². The molecule has 7 aliphatic rings. The first-order valence-corrected chi connectivity index (χ1v) is 41.4. The zero-order chi connectivity index (χ0) is 194. The molecule has 7 aliphatic carbocycles. The molecule has 0 aliphatic heterocycles. The predicted molar refractivity (Wildman–Crippen MR) is 576 cm³/mol. The van der Waals surface area contributed by atoms with Crippen LogP contribution in [0.4, 0.5) is 0 Å². The molecule has 784 valence electrons. The van der Waals surface area contributed by atoms with Crippen LogP contribution in [0.2, 0.25) is 0 Å². The molecule has 0 bridgehead atoms. The number of aliphatic hydroxyl groups is 7. The fourth-order valence-corrected chi connectivity index (χ4v) is 12.8. The number of hydrogen-bond donors (Lipinski definition) is 7. The summed E-state index contributed by atoms with van der Waals surface area (Å²) >= 11 is 0. The van der Waals surface area contributed by atoms with E-state index in [9.17, 15) is 38.5 Å². The van der Waals surface area contributed by atoms with Crippen LogP contribution in [0.5, 0.6) is 40.2 Å². The molecule has 0 amide bonds. The number of ether oxygens (including phenoxy) is 7. The number of likely N-dealkylation sites (N-methyl/N-ethyl adjacent to an activating group) is 7. The Morgan fingerprint density at radius 2 is 0.393 bits per heavy atom. The van der Waals surface area contributed by atoms with Gasteiger partial charge in [-0.1, -0.05) is 219 Å². The van der Waals surface area contributed by atoms with Gasteiger partial charge in [0.2, 0.25) is 0 Å². The van der Waals surface area contributed by atoms with Crippen LogP contribution >= 0.6 is 0 Å². The molecule has 7 aromatic carbocycles. The fraction of sp³-hybridized carbons (Fsp3) is 0.647. The van der Waals surface area contributed by atoms with Crippen LogP contribution in [0.15, 0.2) is 170 Å². The third-order valence-corrected chi connectivity index (χ3v) is 19.5. The van der Waals surface area contributed by atoms with Crippen molar-refractivity contribution in [1.29, 1.82) is 0 Å². The van der Waals surface area contributed by atoms with Crippen molar-refractivity contribution in [3.8, 4) is 40.2 Å². The Bertz CT molecular complexity index is 9380. The van der Waals surface area contributed by atoms with E-state index in [0.717, 1.165) is 142 Å². The highest BCUT2D eigenvalue weighted by Gasteiger charge is 2.46. The topological polar surface area (TPSA) is 229 Å². The molecule has 0 saturated heterocycles. The van der Waals surface area contributed by atoms with E-state index in [1.165, 1.54) is 129 Å². The summed E-state index contributed by atoms with van der Waals surface area (Å²) in [5, 5.41) is 83.0. The minimum atomic E-state index is -4.39. The number of nitrogens with zero attached hydrogens (tertiary/aromatic N) is 7. The van der Waals surface area contributed by atoms with Crippen LogP contribution in [0.25, 0.3) is 0 Å². The number of benzene rings is 7. The van der Waals surface area contributed by atoms with Gasteiger partial charge >= 0.3 is 0 Å². The second-order valence-electron chi connectivity index (χ2n) is 30.2. The highest BCUT2D eigenvalue weighted by molar-refractivity contribution is 5.38. The summed E-state index contributed by atoms with van der Waals surface area (Å²) in [5.41, 5.74) is -32.0. The molecule has 0 unspecified atom stereocenters. The largest absolute Gasteiger partial charge is 0.497 e. The Balaban J connectivity index is 0.000000335. The lowest BCUT2D eigenvalue weighted by Gasteiger charge is -2.40. The second-order valence-corrected chi connectivity index (χ2v) is 30.2. The Morgan fingerprint density at radius 1 is 0.221 bits per heavy atom. The minimum Gasteiger partial charge on any atom is -0.497 e. The maximum Gasteiger partial charge on any atom is 0.118 e. The molecule has 7 aromatic rings. The zero-order valence-electron chi connectivity index (χ0n) is 183. The van der Waals surface area contributed by atoms with Crippen molar-refractivity contribution < 1.29 is 211 Å². The molecule has 7 atom stereocenters. The third kappa shape index (κ3) is 36.7. The summed E-state index contributed by atoms with van der Waals surface area (Å²) in [5.74, 6) is -20.6. The van der Waals surface area contributed by atoms with Gasteiger partial charge in [0.25, 0.3) is 0 Å². The average molecular weight is 2050 g/mol. The Morgan fingerprint density at radius 3 is 0.600 bits per heavy atom. The number of methoxy groups -OCH3 is 7. The van der Waals surface area contributed by atoms with E-state index in [1.54, 1.807) is 0 Å². The maximum atomic E-state index is 11.9. The van der Waals surface area contributed by atoms with Gasteiger partial charge < -0.3 is 103 Å². The summed E-state index contributed by atoms with van der Waals surface area (Å²) in [6.45, 7) is -41.7. The lowest BCUT2D eigenvalue weighted by atomic mass is 9.72. The summed E-state index contributed by atoms with van der Waals surface area (Å²) in [6, 6.07) is 31.6. The van der Waals surface area contributed by atoms with Crippen LogP contribution in [-0.4, -0.2) is 303 Å². The molecule has 140 heavy (non-hydrogen) atoms. The van der Waals surface area contributed by atoms with Crippen molar-refractivity contribution in [1.82, 2.24) is 34.3 Å². The zero-order valence-corrected chi connectivity index (χ0v) is 78.6. The first-order chi connectivity index (χ1) is 107. The quantitative estimate of drug-likeness (QED) is 0.0196. The van der Waals surface area contributed by atoms with Crippen molar-refractivity contribution in [2.24, 2.45) is 0 Å². The van der Waals surface area contributed by atoms with E-state index >= 15 is 0 Å². The summed E-state index contributed by atoms with van der Waals surface area (Å²) in [7, 11) is 16.7. The molecule has 21 heteroatoms. The Labute approximate surface area is 993 Å². The minimum absolute atomic E-state index is 0.0598. The lowest BCUT2D eigenvalue weighted by Crippen LogP contribution is -2.42. The van der Waals surface area contributed by atoms with Gasteiger partial charge in [0.15, 0.2) is 0 Å². The van der Waals surface area contributed by atoms with Crippen LogP contribution in [-0.2, 0) is 0 Å². The molecular formula is C119H189N7O14. The van der Waals surface area contributed by atoms with Crippen molar-refractivity contribution >= 4 is 0 Å². The molecule has 21 nitrogen and oxygen atoms in total. The summed E-state index contributed by atoms with van der Waals surface area (Å²) in [6.07, 6.45) is -138. The van der Waals surface area contributed by atoms with E-state index in [2.05, 4.69) is 0 Å². The van der Waals surface area contributed by atoms with Crippen molar-refractivity contribution in [3.05, 3.63) is 209 Å². The van der Waals surface area contributed by atoms with Crippen molar-refractivity contribution in [2.45, 2.75) is 304 Å². The summed E-state index contributed by atoms with van der Waals surface area (Å²) in [4.78, 5) is 1.75. The third-order valence-electron chi connectivity index (χ3n) is 19.5. The van der Waals surface area contributed by atoms with E-state index in [0.29, 0.717) is 17.7 Å². The molecule has 0 radical (unpaired) electrons. The maximum absolute atomic E-state index is 11.9. The van der Waals surface area contributed by atoms with Crippen LogP contribution in [0, 0.1) is 0 Å². The van der Waals surface area contributed by atoms with Crippen LogP contribution in [0.3, 0.4) is 0 Å². The molecule has 7 fully saturated rings. The highest BCUT2D eigenvalue weighted by atomic mass is 16.5. The Kier molecular flexibility index (Phi) is 16.2. The van der Waals surface area contributed by atoms with Gasteiger partial charge in [-0.3, -0.25) is 0 Å². The van der Waals surface area contributed by atoms with E-state index < -0.39 is 431 Å². The van der Waals surface area contributed by atoms with Crippen molar-refractivity contribution in [2.75, 3.05) is 194 Å². The standard InChI is InChI=1S/7C17H27NO2/c7*1-18(2)13-16(17(19)11-5-4-6-12-17)14-7-9-15(20-3)10-8-14/h7*7-10,16,19H,4-6,11-13H2,1-3H3/t7*16-/m1111111/s1/i1D3,4D2,5D2,6D2,11D2,12D2,13D2,16D;1D3,2D3,4D2,5D2,6D2,11D2,12D2,16D;1D3,2D3,4D2,5D2,6D2,11D2,12D2,13D2;4D2,5D2,6D2,11D2,12D2,13D2,16D;1D3,4D2,5D2,6D2,11D2,12D2,16D;1D3,4D2,5D2,6D2,11D2,12D2,13D2;4D2,5D2,6D2,11D2,12D2,16D. The van der Waals surface area contributed by atoms with Crippen molar-refractivity contribution in [3.63, 3.8) is 0 Å². The molecule has 14 rings (SSSR count). The number of rotatable bonds is 35. The second kappa shape index (κ2) is 58.7. The van der Waals surface area contributed by atoms with Gasteiger partial charge in [0.1, 0.15) is 40.2 Å². The molecule has 0 spiro atoms. The monoisotopic (exact) mass is 2050 g/mol. The molecule has 7 N–H and O–H groups in total. The predicted octanol–water partition coefficient (Wildman–Crippen LogP) is 21.2. The first-order valence-electron chi connectivity index (χ1n) is 93.4. The van der Waals surface area contributed by atoms with Gasteiger partial charge in [0, 0.05) is 229 Å². The molecule has 0 heterocycles. The van der Waals surface area contributed by atoms with Gasteiger partial charge in [0.05, 0.1) is 89.0 Å².